The molecule has 0 atom stereocenters. The second-order valence-electron chi connectivity index (χ2n) is 6.18. The Morgan fingerprint density at radius 2 is 1.79 bits per heavy atom. The molecule has 0 bridgehead atoms. The molecule has 0 aliphatic rings. The van der Waals surface area contributed by atoms with Crippen LogP contribution in [0.15, 0.2) is 24.3 Å². The van der Waals surface area contributed by atoms with Crippen LogP contribution in [-0.2, 0) is 0 Å². The zero-order chi connectivity index (χ0) is 14.6. The van der Waals surface area contributed by atoms with E-state index < -0.39 is 5.60 Å². The van der Waals surface area contributed by atoms with Gasteiger partial charge in [-0.2, -0.15) is 0 Å². The van der Waals surface area contributed by atoms with Crippen molar-refractivity contribution in [2.24, 2.45) is 0 Å². The summed E-state index contributed by atoms with van der Waals surface area (Å²) in [7, 11) is 1.85. The molecule has 1 aromatic carbocycles. The highest BCUT2D eigenvalue weighted by Gasteiger charge is 2.18. The summed E-state index contributed by atoms with van der Waals surface area (Å²) in [5.74, 6) is 0.559. The Bertz CT molecular complexity index is 415. The van der Waals surface area contributed by atoms with Crippen molar-refractivity contribution in [2.45, 2.75) is 39.2 Å². The molecule has 19 heavy (non-hydrogen) atoms. The van der Waals surface area contributed by atoms with Crippen LogP contribution in [0, 0.1) is 0 Å². The molecule has 1 aromatic rings. The van der Waals surface area contributed by atoms with E-state index in [-0.39, 0.29) is 5.78 Å². The molecule has 0 radical (unpaired) electrons. The summed E-state index contributed by atoms with van der Waals surface area (Å²) in [5, 5.41) is 9.72. The molecule has 3 nitrogen and oxygen atoms in total. The van der Waals surface area contributed by atoms with E-state index >= 15 is 0 Å². The fraction of sp³-hybridized carbons (Fsp3) is 0.562. The van der Waals surface area contributed by atoms with Crippen LogP contribution in [0.5, 0.6) is 0 Å². The molecule has 0 saturated carbocycles. The zero-order valence-corrected chi connectivity index (χ0v) is 12.6. The Morgan fingerprint density at radius 1 is 1.26 bits per heavy atom. The second kappa shape index (κ2) is 6.31. The third-order valence-electron chi connectivity index (χ3n) is 2.97. The average molecular weight is 263 g/mol. The summed E-state index contributed by atoms with van der Waals surface area (Å²) in [6.07, 6.45) is 0. The van der Waals surface area contributed by atoms with E-state index in [0.717, 1.165) is 5.56 Å². The Morgan fingerprint density at radius 3 is 2.21 bits per heavy atom. The minimum atomic E-state index is -0.781. The molecular formula is C16H25NO2. The van der Waals surface area contributed by atoms with E-state index in [9.17, 15) is 9.90 Å². The van der Waals surface area contributed by atoms with Gasteiger partial charge in [0.05, 0.1) is 12.1 Å². The topological polar surface area (TPSA) is 40.5 Å². The maximum absolute atomic E-state index is 12.1. The first kappa shape index (κ1) is 15.9. The highest BCUT2D eigenvalue weighted by Crippen LogP contribution is 2.15. The van der Waals surface area contributed by atoms with Gasteiger partial charge in [-0.25, -0.2) is 0 Å². The first-order valence-corrected chi connectivity index (χ1v) is 6.73. The molecule has 1 rings (SSSR count). The van der Waals surface area contributed by atoms with Gasteiger partial charge in [0.2, 0.25) is 0 Å². The van der Waals surface area contributed by atoms with E-state index in [0.29, 0.717) is 19.0 Å². The fourth-order valence-electron chi connectivity index (χ4n) is 2.11. The Labute approximate surface area is 116 Å². The van der Waals surface area contributed by atoms with Crippen molar-refractivity contribution < 1.29 is 9.90 Å². The van der Waals surface area contributed by atoms with E-state index in [1.54, 1.807) is 13.8 Å². The predicted octanol–water partition coefficient (Wildman–Crippen LogP) is 2.70. The van der Waals surface area contributed by atoms with Crippen LogP contribution in [0.3, 0.4) is 0 Å². The molecular weight excluding hydrogens is 238 g/mol. The van der Waals surface area contributed by atoms with Crippen LogP contribution < -0.4 is 0 Å². The summed E-state index contributed by atoms with van der Waals surface area (Å²) in [4.78, 5) is 13.9. The molecule has 0 aliphatic heterocycles. The van der Waals surface area contributed by atoms with Gasteiger partial charge in [0.15, 0.2) is 5.78 Å². The van der Waals surface area contributed by atoms with Crippen molar-refractivity contribution in [3.05, 3.63) is 35.4 Å². The highest BCUT2D eigenvalue weighted by molar-refractivity contribution is 5.97. The van der Waals surface area contributed by atoms with Crippen LogP contribution in [0.1, 0.15) is 49.5 Å². The number of nitrogens with zero attached hydrogens (tertiary/aromatic N) is 1. The molecule has 0 fully saturated rings. The van der Waals surface area contributed by atoms with Gasteiger partial charge in [0.1, 0.15) is 0 Å². The molecule has 106 valence electrons. The number of carbonyl (C=O) groups excluding carboxylic acids is 1. The van der Waals surface area contributed by atoms with Crippen LogP contribution >= 0.6 is 0 Å². The highest BCUT2D eigenvalue weighted by atomic mass is 16.3. The lowest BCUT2D eigenvalue weighted by Gasteiger charge is -2.24. The largest absolute Gasteiger partial charge is 0.389 e. The van der Waals surface area contributed by atoms with E-state index in [4.69, 9.17) is 0 Å². The van der Waals surface area contributed by atoms with Gasteiger partial charge in [0, 0.05) is 12.1 Å². The second-order valence-corrected chi connectivity index (χ2v) is 6.18. The average Bonchev–Trinajstić information content (AvgIpc) is 2.26. The molecule has 0 saturated heterocycles. The van der Waals surface area contributed by atoms with Gasteiger partial charge in [-0.15, -0.1) is 0 Å². The third-order valence-corrected chi connectivity index (χ3v) is 2.97. The van der Waals surface area contributed by atoms with E-state index in [1.165, 1.54) is 5.56 Å². The first-order valence-electron chi connectivity index (χ1n) is 6.73. The lowest BCUT2D eigenvalue weighted by atomic mass is 10.0. The predicted molar refractivity (Wildman–Crippen MR) is 78.7 cm³/mol. The number of Topliss-reactive ketones (excluding diaryl/α,β-unsaturated/α-hetero) is 1. The summed E-state index contributed by atoms with van der Waals surface area (Å²) in [6.45, 7) is 8.55. The molecule has 1 N–H and O–H groups in total. The fourth-order valence-corrected chi connectivity index (χ4v) is 2.11. The minimum Gasteiger partial charge on any atom is -0.389 e. The van der Waals surface area contributed by atoms with Crippen molar-refractivity contribution in [3.63, 3.8) is 0 Å². The van der Waals surface area contributed by atoms with Crippen molar-refractivity contribution >= 4 is 5.78 Å². The summed E-state index contributed by atoms with van der Waals surface area (Å²) >= 11 is 0. The number of hydrogen-bond acceptors (Lipinski definition) is 3. The van der Waals surface area contributed by atoms with Gasteiger partial charge >= 0.3 is 0 Å². The minimum absolute atomic E-state index is 0.0852. The molecule has 0 aromatic heterocycles. The van der Waals surface area contributed by atoms with Crippen LogP contribution in [0.2, 0.25) is 0 Å². The van der Waals surface area contributed by atoms with Gasteiger partial charge in [-0.3, -0.25) is 9.69 Å². The molecule has 0 aliphatic carbocycles. The molecule has 0 heterocycles. The summed E-state index contributed by atoms with van der Waals surface area (Å²) in [6, 6.07) is 7.78. The SMILES string of the molecule is CC(C)c1ccc(C(=O)CN(C)CC(C)(C)O)cc1. The van der Waals surface area contributed by atoms with Crippen molar-refractivity contribution in [1.82, 2.24) is 4.90 Å². The normalized spacial score (nSPS) is 12.2. The number of benzene rings is 1. The maximum Gasteiger partial charge on any atom is 0.176 e. The molecule has 3 heteroatoms. The van der Waals surface area contributed by atoms with Crippen LogP contribution in [0.4, 0.5) is 0 Å². The van der Waals surface area contributed by atoms with Gasteiger partial charge in [-0.05, 0) is 32.4 Å². The van der Waals surface area contributed by atoms with Gasteiger partial charge in [0.25, 0.3) is 0 Å². The Kier molecular flexibility index (Phi) is 5.27. The van der Waals surface area contributed by atoms with E-state index in [1.807, 2.05) is 36.2 Å². The Hall–Kier alpha value is -1.19. The van der Waals surface area contributed by atoms with Crippen molar-refractivity contribution in [1.29, 1.82) is 0 Å². The zero-order valence-electron chi connectivity index (χ0n) is 12.6. The molecule has 0 unspecified atom stereocenters. The number of hydrogen-bond donors (Lipinski definition) is 1. The van der Waals surface area contributed by atoms with Crippen LogP contribution in [0.25, 0.3) is 0 Å². The quantitative estimate of drug-likeness (QED) is 0.802. The summed E-state index contributed by atoms with van der Waals surface area (Å²) in [5.41, 5.74) is 1.18. The number of ketones is 1. The maximum atomic E-state index is 12.1. The third kappa shape index (κ3) is 5.53. The molecule has 0 amide bonds. The lowest BCUT2D eigenvalue weighted by Crippen LogP contribution is -2.38. The summed E-state index contributed by atoms with van der Waals surface area (Å²) < 4.78 is 0. The van der Waals surface area contributed by atoms with Crippen LogP contribution in [-0.4, -0.2) is 41.5 Å². The number of carbonyl (C=O) groups is 1. The monoisotopic (exact) mass is 263 g/mol. The number of aliphatic hydroxyl groups is 1. The van der Waals surface area contributed by atoms with Crippen molar-refractivity contribution in [2.75, 3.05) is 20.1 Å². The molecule has 0 spiro atoms. The lowest BCUT2D eigenvalue weighted by molar-refractivity contribution is 0.0439. The van der Waals surface area contributed by atoms with E-state index in [2.05, 4.69) is 13.8 Å². The Balaban J connectivity index is 2.63. The van der Waals surface area contributed by atoms with Gasteiger partial charge in [-0.1, -0.05) is 38.1 Å². The standard InChI is InChI=1S/C16H25NO2/c1-12(2)13-6-8-14(9-7-13)15(18)10-17(5)11-16(3,4)19/h6-9,12,19H,10-11H2,1-5H3. The number of likely N-dealkylation sites (N-methyl/N-ethyl adjacent to an activating group) is 1. The number of rotatable bonds is 6. The smallest absolute Gasteiger partial charge is 0.176 e. The first-order chi connectivity index (χ1) is 8.69. The van der Waals surface area contributed by atoms with Gasteiger partial charge < -0.3 is 5.11 Å². The van der Waals surface area contributed by atoms with Crippen molar-refractivity contribution in [3.8, 4) is 0 Å².